The standard InChI is InChI=1S/C14H13N3O5S/c1-17-10(6-7-15-17)13(14(18)19)16-23(20,21)12-8-22-11-5-3-2-4-9(11)12/h2-8,13,16H,1H3,(H,18,19). The molecule has 3 aromatic rings. The lowest BCUT2D eigenvalue weighted by Crippen LogP contribution is -2.34. The first-order valence-corrected chi connectivity index (χ1v) is 8.08. The molecule has 0 amide bonds. The highest BCUT2D eigenvalue weighted by molar-refractivity contribution is 7.89. The minimum atomic E-state index is -4.10. The van der Waals surface area contributed by atoms with Gasteiger partial charge in [0, 0.05) is 18.6 Å². The van der Waals surface area contributed by atoms with E-state index in [1.54, 1.807) is 24.3 Å². The lowest BCUT2D eigenvalue weighted by Gasteiger charge is -2.14. The van der Waals surface area contributed by atoms with E-state index in [0.29, 0.717) is 11.0 Å². The molecule has 0 radical (unpaired) electrons. The zero-order valence-electron chi connectivity index (χ0n) is 12.0. The van der Waals surface area contributed by atoms with Crippen LogP contribution in [0.3, 0.4) is 0 Å². The fraction of sp³-hybridized carbons (Fsp3) is 0.143. The molecule has 0 bridgehead atoms. The number of carboxylic acids is 1. The number of rotatable bonds is 5. The summed E-state index contributed by atoms with van der Waals surface area (Å²) < 4.78 is 33.8. The third kappa shape index (κ3) is 2.71. The Bertz CT molecular complexity index is 973. The molecule has 0 saturated carbocycles. The maximum absolute atomic E-state index is 12.6. The first kappa shape index (κ1) is 15.3. The molecule has 9 heteroatoms. The number of carbonyl (C=O) groups is 1. The molecule has 0 aliphatic heterocycles. The van der Waals surface area contributed by atoms with Crippen molar-refractivity contribution in [1.29, 1.82) is 0 Å². The molecule has 0 fully saturated rings. The van der Waals surface area contributed by atoms with Crippen molar-refractivity contribution in [1.82, 2.24) is 14.5 Å². The summed E-state index contributed by atoms with van der Waals surface area (Å²) in [5.41, 5.74) is 0.620. The van der Waals surface area contributed by atoms with Crippen LogP contribution in [0.5, 0.6) is 0 Å². The van der Waals surface area contributed by atoms with Crippen LogP contribution < -0.4 is 4.72 Å². The van der Waals surface area contributed by atoms with E-state index in [2.05, 4.69) is 9.82 Å². The van der Waals surface area contributed by atoms with Crippen LogP contribution in [0, 0.1) is 0 Å². The number of hydrogen-bond acceptors (Lipinski definition) is 5. The minimum absolute atomic E-state index is 0.110. The van der Waals surface area contributed by atoms with Crippen LogP contribution >= 0.6 is 0 Å². The number of aryl methyl sites for hydroxylation is 1. The molecule has 1 aromatic carbocycles. The zero-order valence-corrected chi connectivity index (χ0v) is 12.8. The van der Waals surface area contributed by atoms with Crippen LogP contribution in [0.4, 0.5) is 0 Å². The Morgan fingerprint density at radius 1 is 1.35 bits per heavy atom. The van der Waals surface area contributed by atoms with Crippen molar-refractivity contribution in [2.45, 2.75) is 10.9 Å². The van der Waals surface area contributed by atoms with Gasteiger partial charge in [-0.1, -0.05) is 12.1 Å². The Morgan fingerprint density at radius 2 is 2.09 bits per heavy atom. The van der Waals surface area contributed by atoms with Crippen LogP contribution in [0.15, 0.2) is 52.1 Å². The number of hydrogen-bond donors (Lipinski definition) is 2. The number of carboxylic acid groups (broad SMARTS) is 1. The van der Waals surface area contributed by atoms with Gasteiger partial charge in [0.25, 0.3) is 0 Å². The van der Waals surface area contributed by atoms with Gasteiger partial charge in [0.15, 0.2) is 6.04 Å². The summed E-state index contributed by atoms with van der Waals surface area (Å²) in [6, 6.07) is 6.59. The number of fused-ring (bicyclic) bond motifs is 1. The van der Waals surface area contributed by atoms with Gasteiger partial charge in [-0.25, -0.2) is 8.42 Å². The predicted molar refractivity (Wildman–Crippen MR) is 80.1 cm³/mol. The summed E-state index contributed by atoms with van der Waals surface area (Å²) >= 11 is 0. The van der Waals surface area contributed by atoms with Gasteiger partial charge in [0.05, 0.1) is 5.69 Å². The van der Waals surface area contributed by atoms with Crippen molar-refractivity contribution in [3.05, 3.63) is 48.5 Å². The smallest absolute Gasteiger partial charge is 0.327 e. The normalized spacial score (nSPS) is 13.3. The SMILES string of the molecule is Cn1nccc1C(NS(=O)(=O)c1coc2ccccc12)C(=O)O. The van der Waals surface area contributed by atoms with E-state index >= 15 is 0 Å². The molecule has 8 nitrogen and oxygen atoms in total. The van der Waals surface area contributed by atoms with Gasteiger partial charge < -0.3 is 9.52 Å². The van der Waals surface area contributed by atoms with E-state index in [4.69, 9.17) is 4.42 Å². The molecule has 0 spiro atoms. The third-order valence-electron chi connectivity index (χ3n) is 3.41. The largest absolute Gasteiger partial charge is 0.480 e. The number of nitrogens with one attached hydrogen (secondary N) is 1. The second kappa shape index (κ2) is 5.52. The van der Waals surface area contributed by atoms with Crippen molar-refractivity contribution < 1.29 is 22.7 Å². The second-order valence-corrected chi connectivity index (χ2v) is 6.55. The Morgan fingerprint density at radius 3 is 2.74 bits per heavy atom. The van der Waals surface area contributed by atoms with E-state index in [1.807, 2.05) is 0 Å². The van der Waals surface area contributed by atoms with Crippen LogP contribution in [-0.2, 0) is 21.9 Å². The van der Waals surface area contributed by atoms with Crippen LogP contribution in [-0.4, -0.2) is 29.3 Å². The molecule has 0 saturated heterocycles. The molecule has 120 valence electrons. The van der Waals surface area contributed by atoms with Crippen molar-refractivity contribution in [3.8, 4) is 0 Å². The average Bonchev–Trinajstić information content (AvgIpc) is 3.11. The number of benzene rings is 1. The molecular formula is C14H13N3O5S. The van der Waals surface area contributed by atoms with E-state index in [-0.39, 0.29) is 10.6 Å². The monoisotopic (exact) mass is 335 g/mol. The van der Waals surface area contributed by atoms with Crippen LogP contribution in [0.2, 0.25) is 0 Å². The first-order chi connectivity index (χ1) is 10.9. The van der Waals surface area contributed by atoms with Crippen LogP contribution in [0.25, 0.3) is 11.0 Å². The Labute approximate surface area is 131 Å². The van der Waals surface area contributed by atoms with E-state index < -0.39 is 22.0 Å². The number of furan rings is 1. The molecule has 2 aromatic heterocycles. The number of sulfonamides is 1. The Balaban J connectivity index is 2.02. The van der Waals surface area contributed by atoms with Gasteiger partial charge in [0.1, 0.15) is 16.7 Å². The highest BCUT2D eigenvalue weighted by Gasteiger charge is 2.30. The van der Waals surface area contributed by atoms with Crippen LogP contribution in [0.1, 0.15) is 11.7 Å². The summed E-state index contributed by atoms with van der Waals surface area (Å²) in [7, 11) is -2.56. The minimum Gasteiger partial charge on any atom is -0.480 e. The summed E-state index contributed by atoms with van der Waals surface area (Å²) in [5, 5.41) is 13.6. The number of nitrogens with zero attached hydrogens (tertiary/aromatic N) is 2. The fourth-order valence-corrected chi connectivity index (χ4v) is 3.58. The topological polar surface area (TPSA) is 114 Å². The summed E-state index contributed by atoms with van der Waals surface area (Å²) in [6.45, 7) is 0. The Hall–Kier alpha value is -2.65. The van der Waals surface area contributed by atoms with Gasteiger partial charge in [-0.2, -0.15) is 9.82 Å². The van der Waals surface area contributed by atoms with Gasteiger partial charge in [-0.05, 0) is 18.2 Å². The number of aliphatic carboxylic acids is 1. The molecule has 1 atom stereocenters. The van der Waals surface area contributed by atoms with Crippen molar-refractivity contribution in [2.75, 3.05) is 0 Å². The van der Waals surface area contributed by atoms with E-state index in [9.17, 15) is 18.3 Å². The number of aromatic nitrogens is 2. The van der Waals surface area contributed by atoms with Gasteiger partial charge in [-0.15, -0.1) is 0 Å². The second-order valence-electron chi connectivity index (χ2n) is 4.87. The number of para-hydroxylation sites is 1. The zero-order chi connectivity index (χ0) is 16.6. The molecule has 0 aliphatic carbocycles. The maximum Gasteiger partial charge on any atom is 0.327 e. The highest BCUT2D eigenvalue weighted by Crippen LogP contribution is 2.26. The van der Waals surface area contributed by atoms with E-state index in [1.165, 1.54) is 24.0 Å². The highest BCUT2D eigenvalue weighted by atomic mass is 32.2. The summed E-state index contributed by atoms with van der Waals surface area (Å²) in [6.07, 6.45) is 2.49. The molecule has 23 heavy (non-hydrogen) atoms. The lowest BCUT2D eigenvalue weighted by molar-refractivity contribution is -0.139. The first-order valence-electron chi connectivity index (χ1n) is 6.59. The third-order valence-corrected chi connectivity index (χ3v) is 4.85. The average molecular weight is 335 g/mol. The Kier molecular flexibility index (Phi) is 3.66. The van der Waals surface area contributed by atoms with Crippen molar-refractivity contribution in [2.24, 2.45) is 7.05 Å². The molecular weight excluding hydrogens is 322 g/mol. The van der Waals surface area contributed by atoms with Gasteiger partial charge in [0.2, 0.25) is 10.0 Å². The van der Waals surface area contributed by atoms with Crippen molar-refractivity contribution in [3.63, 3.8) is 0 Å². The summed E-state index contributed by atoms with van der Waals surface area (Å²) in [5.74, 6) is -1.33. The van der Waals surface area contributed by atoms with Crippen molar-refractivity contribution >= 4 is 27.0 Å². The quantitative estimate of drug-likeness (QED) is 0.726. The fourth-order valence-electron chi connectivity index (χ4n) is 2.28. The maximum atomic E-state index is 12.6. The summed E-state index contributed by atoms with van der Waals surface area (Å²) in [4.78, 5) is 11.4. The molecule has 1 unspecified atom stereocenters. The molecule has 3 rings (SSSR count). The van der Waals surface area contributed by atoms with Gasteiger partial charge >= 0.3 is 5.97 Å². The van der Waals surface area contributed by atoms with E-state index in [0.717, 1.165) is 6.26 Å². The molecule has 2 N–H and O–H groups in total. The molecule has 0 aliphatic rings. The predicted octanol–water partition coefficient (Wildman–Crippen LogP) is 1.27. The molecule has 2 heterocycles. The lowest BCUT2D eigenvalue weighted by atomic mass is 10.2. The van der Waals surface area contributed by atoms with Gasteiger partial charge in [-0.3, -0.25) is 9.48 Å².